The zero-order valence-electron chi connectivity index (χ0n) is 11.5. The second kappa shape index (κ2) is 7.27. The fourth-order valence-electron chi connectivity index (χ4n) is 1.98. The van der Waals surface area contributed by atoms with Crippen molar-refractivity contribution in [1.82, 2.24) is 0 Å². The van der Waals surface area contributed by atoms with Crippen molar-refractivity contribution in [3.8, 4) is 0 Å². The second-order valence-electron chi connectivity index (χ2n) is 4.51. The van der Waals surface area contributed by atoms with Crippen LogP contribution in [0, 0.1) is 0 Å². The summed E-state index contributed by atoms with van der Waals surface area (Å²) < 4.78 is 4.97. The van der Waals surface area contributed by atoms with E-state index >= 15 is 0 Å². The molecule has 0 atom stereocenters. The van der Waals surface area contributed by atoms with Crippen LogP contribution in [0.5, 0.6) is 0 Å². The van der Waals surface area contributed by atoms with Gasteiger partial charge in [0.05, 0.1) is 8.07 Å². The maximum Gasteiger partial charge on any atom is 0.0834 e. The number of benzene rings is 3. The van der Waals surface area contributed by atoms with Gasteiger partial charge in [-0.15, -0.1) is 0 Å². The van der Waals surface area contributed by atoms with Crippen molar-refractivity contribution in [2.45, 2.75) is 0 Å². The van der Waals surface area contributed by atoms with E-state index in [9.17, 15) is 0 Å². The molecule has 0 spiro atoms. The molecule has 0 aliphatic rings. The van der Waals surface area contributed by atoms with E-state index in [0.717, 1.165) is 8.37 Å². The van der Waals surface area contributed by atoms with Gasteiger partial charge in [-0.05, 0) is 12.1 Å². The molecular formula is C18H15NP2. The molecule has 21 heavy (non-hydrogen) atoms. The molecule has 3 aromatic carbocycles. The molecule has 0 unspecified atom stereocenters. The molecule has 0 N–H and O–H groups in total. The molecule has 0 saturated heterocycles. The van der Waals surface area contributed by atoms with Crippen LogP contribution < -0.4 is 15.9 Å². The molecule has 0 bridgehead atoms. The summed E-state index contributed by atoms with van der Waals surface area (Å²) in [5.41, 5.74) is 0. The number of hydrogen-bond donors (Lipinski definition) is 0. The van der Waals surface area contributed by atoms with E-state index in [1.807, 2.05) is 6.07 Å². The van der Waals surface area contributed by atoms with Crippen LogP contribution in [0.4, 0.5) is 0 Å². The van der Waals surface area contributed by atoms with Crippen LogP contribution >= 0.6 is 16.4 Å². The highest BCUT2D eigenvalue weighted by molar-refractivity contribution is 7.74. The average molecular weight is 307 g/mol. The van der Waals surface area contributed by atoms with Crippen molar-refractivity contribution >= 4 is 32.4 Å². The van der Waals surface area contributed by atoms with Gasteiger partial charge in [-0.2, -0.15) is 0 Å². The van der Waals surface area contributed by atoms with E-state index in [2.05, 4.69) is 84.9 Å². The lowest BCUT2D eigenvalue weighted by atomic mass is 10.4. The van der Waals surface area contributed by atoms with Gasteiger partial charge >= 0.3 is 0 Å². The van der Waals surface area contributed by atoms with Gasteiger partial charge in [-0.3, -0.25) is 0 Å². The molecule has 0 saturated carbocycles. The molecule has 0 amide bonds. The van der Waals surface area contributed by atoms with Crippen molar-refractivity contribution in [1.29, 1.82) is 0 Å². The largest absolute Gasteiger partial charge is 0.231 e. The van der Waals surface area contributed by atoms with Crippen molar-refractivity contribution in [2.75, 3.05) is 0 Å². The van der Waals surface area contributed by atoms with Gasteiger partial charge in [-0.25, -0.2) is 4.52 Å². The highest BCUT2D eigenvalue weighted by Crippen LogP contribution is 2.38. The Labute approximate surface area is 128 Å². The number of hydrogen-bond acceptors (Lipinski definition) is 1. The predicted octanol–water partition coefficient (Wildman–Crippen LogP) is 4.49. The SMILES string of the molecule is c1ccc(P=NP(c2ccccc2)c2ccccc2)cc1. The molecule has 3 rings (SSSR count). The monoisotopic (exact) mass is 307 g/mol. The molecule has 0 aliphatic heterocycles. The Morgan fingerprint density at radius 3 is 1.48 bits per heavy atom. The number of nitrogens with zero attached hydrogens (tertiary/aromatic N) is 1. The van der Waals surface area contributed by atoms with Crippen LogP contribution in [-0.2, 0) is 0 Å². The molecule has 0 fully saturated rings. The normalized spacial score (nSPS) is 11.1. The summed E-state index contributed by atoms with van der Waals surface area (Å²) in [5.74, 6) is 0. The van der Waals surface area contributed by atoms with Crippen molar-refractivity contribution in [3.05, 3.63) is 91.0 Å². The van der Waals surface area contributed by atoms with Crippen LogP contribution in [0.25, 0.3) is 0 Å². The van der Waals surface area contributed by atoms with Gasteiger partial charge in [0, 0.05) is 24.3 Å². The molecule has 0 aliphatic carbocycles. The van der Waals surface area contributed by atoms with E-state index in [1.165, 1.54) is 15.9 Å². The molecular weight excluding hydrogens is 292 g/mol. The fourth-order valence-corrected chi connectivity index (χ4v) is 5.09. The molecule has 3 aromatic rings. The summed E-state index contributed by atoms with van der Waals surface area (Å²) in [7, 11) is 0.369. The molecule has 1 nitrogen and oxygen atoms in total. The zero-order valence-corrected chi connectivity index (χ0v) is 13.3. The van der Waals surface area contributed by atoms with E-state index in [1.54, 1.807) is 0 Å². The highest BCUT2D eigenvalue weighted by Gasteiger charge is 2.11. The summed E-state index contributed by atoms with van der Waals surface area (Å²) >= 11 is 0. The van der Waals surface area contributed by atoms with E-state index in [0.29, 0.717) is 0 Å². The standard InChI is InChI=1S/C18H15NP2/c1-4-10-16(11-5-1)20-19-21(17-12-6-2-7-13-17)18-14-8-3-9-15-18/h1-15H. The maximum absolute atomic E-state index is 4.97. The summed E-state index contributed by atoms with van der Waals surface area (Å²) in [4.78, 5) is 0. The summed E-state index contributed by atoms with van der Waals surface area (Å²) in [5, 5.41) is 3.82. The second-order valence-corrected chi connectivity index (χ2v) is 7.60. The Bertz CT molecular complexity index is 658. The first-order valence-electron chi connectivity index (χ1n) is 6.80. The molecule has 102 valence electrons. The van der Waals surface area contributed by atoms with Gasteiger partial charge in [0.2, 0.25) is 0 Å². The molecule has 0 aromatic heterocycles. The molecule has 0 radical (unpaired) electrons. The van der Waals surface area contributed by atoms with E-state index < -0.39 is 8.07 Å². The Kier molecular flexibility index (Phi) is 4.90. The Hall–Kier alpha value is -1.81. The van der Waals surface area contributed by atoms with E-state index in [-0.39, 0.29) is 0 Å². The minimum atomic E-state index is -0.662. The minimum absolute atomic E-state index is 0.662. The quantitative estimate of drug-likeness (QED) is 0.630. The summed E-state index contributed by atoms with van der Waals surface area (Å²) in [6.45, 7) is 0. The van der Waals surface area contributed by atoms with Crippen molar-refractivity contribution in [3.63, 3.8) is 0 Å². The van der Waals surface area contributed by atoms with Crippen LogP contribution in [-0.4, -0.2) is 0 Å². The lowest BCUT2D eigenvalue weighted by molar-refractivity contribution is 1.73. The van der Waals surface area contributed by atoms with Crippen molar-refractivity contribution < 1.29 is 0 Å². The maximum atomic E-state index is 4.97. The highest BCUT2D eigenvalue weighted by atomic mass is 31.2. The van der Waals surface area contributed by atoms with Crippen molar-refractivity contribution in [2.24, 2.45) is 4.52 Å². The minimum Gasteiger partial charge on any atom is -0.231 e. The van der Waals surface area contributed by atoms with Crippen LogP contribution in [0.2, 0.25) is 0 Å². The first kappa shape index (κ1) is 14.1. The molecule has 3 heteroatoms. The lowest BCUT2D eigenvalue weighted by Crippen LogP contribution is -2.09. The topological polar surface area (TPSA) is 12.4 Å². The van der Waals surface area contributed by atoms with Crippen LogP contribution in [0.3, 0.4) is 0 Å². The smallest absolute Gasteiger partial charge is 0.0834 e. The third-order valence-electron chi connectivity index (χ3n) is 3.01. The summed E-state index contributed by atoms with van der Waals surface area (Å²) in [6, 6.07) is 31.5. The van der Waals surface area contributed by atoms with Crippen LogP contribution in [0.1, 0.15) is 0 Å². The Morgan fingerprint density at radius 1 is 0.571 bits per heavy atom. The van der Waals surface area contributed by atoms with Gasteiger partial charge < -0.3 is 0 Å². The van der Waals surface area contributed by atoms with Gasteiger partial charge in [-0.1, -0.05) is 78.9 Å². The van der Waals surface area contributed by atoms with Gasteiger partial charge in [0.25, 0.3) is 0 Å². The fraction of sp³-hybridized carbons (Fsp3) is 0. The van der Waals surface area contributed by atoms with E-state index in [4.69, 9.17) is 4.52 Å². The van der Waals surface area contributed by atoms with Gasteiger partial charge in [0.15, 0.2) is 0 Å². The summed E-state index contributed by atoms with van der Waals surface area (Å²) in [6.07, 6.45) is 0. The third kappa shape index (κ3) is 3.85. The Morgan fingerprint density at radius 2 is 1.00 bits per heavy atom. The predicted molar refractivity (Wildman–Crippen MR) is 94.5 cm³/mol. The Balaban J connectivity index is 1.96. The molecule has 0 heterocycles. The lowest BCUT2D eigenvalue weighted by Gasteiger charge is -2.12. The third-order valence-corrected chi connectivity index (χ3v) is 6.18. The average Bonchev–Trinajstić information content (AvgIpc) is 2.58. The first-order valence-corrected chi connectivity index (χ1v) is 8.94. The van der Waals surface area contributed by atoms with Gasteiger partial charge in [0.1, 0.15) is 0 Å². The van der Waals surface area contributed by atoms with Crippen LogP contribution in [0.15, 0.2) is 95.5 Å². The zero-order chi connectivity index (χ0) is 14.3. The first-order chi connectivity index (χ1) is 10.4. The number of rotatable bonds is 4.